The van der Waals surface area contributed by atoms with Crippen molar-refractivity contribution in [2.45, 2.75) is 13.0 Å². The van der Waals surface area contributed by atoms with E-state index in [0.717, 1.165) is 29.7 Å². The number of rotatable bonds is 2. The van der Waals surface area contributed by atoms with Crippen LogP contribution in [0, 0.1) is 0 Å². The molecule has 3 heteroatoms. The van der Waals surface area contributed by atoms with Gasteiger partial charge in [-0.2, -0.15) is 0 Å². The van der Waals surface area contributed by atoms with Crippen molar-refractivity contribution in [2.75, 3.05) is 6.54 Å². The average molecular weight is 238 g/mol. The van der Waals surface area contributed by atoms with Crippen molar-refractivity contribution in [3.63, 3.8) is 0 Å². The summed E-state index contributed by atoms with van der Waals surface area (Å²) in [5, 5.41) is 0. The molecule has 0 unspecified atom stereocenters. The second kappa shape index (κ2) is 4.61. The topological polar surface area (TPSA) is 33.2 Å². The Morgan fingerprint density at radius 1 is 1.17 bits per heavy atom. The Morgan fingerprint density at radius 3 is 2.83 bits per heavy atom. The summed E-state index contributed by atoms with van der Waals surface area (Å²) in [6, 6.07) is 12.0. The molecule has 0 fully saturated rings. The van der Waals surface area contributed by atoms with Crippen LogP contribution in [0.3, 0.4) is 0 Å². The third kappa shape index (κ3) is 1.99. The van der Waals surface area contributed by atoms with E-state index in [-0.39, 0.29) is 5.91 Å². The van der Waals surface area contributed by atoms with E-state index in [2.05, 4.69) is 4.98 Å². The van der Waals surface area contributed by atoms with Crippen LogP contribution in [0.5, 0.6) is 0 Å². The van der Waals surface area contributed by atoms with Crippen LogP contribution in [-0.4, -0.2) is 22.3 Å². The fourth-order valence-corrected chi connectivity index (χ4v) is 2.32. The Kier molecular flexibility index (Phi) is 2.81. The van der Waals surface area contributed by atoms with Gasteiger partial charge in [-0.25, -0.2) is 0 Å². The van der Waals surface area contributed by atoms with Gasteiger partial charge in [0.15, 0.2) is 0 Å². The number of benzene rings is 1. The number of hydrogen-bond acceptors (Lipinski definition) is 2. The maximum absolute atomic E-state index is 12.3. The zero-order valence-corrected chi connectivity index (χ0v) is 10.0. The predicted octanol–water partition coefficient (Wildman–Crippen LogP) is 2.28. The fourth-order valence-electron chi connectivity index (χ4n) is 2.32. The summed E-state index contributed by atoms with van der Waals surface area (Å²) in [5.74, 6) is 0.0909. The van der Waals surface area contributed by atoms with Gasteiger partial charge in [0.25, 0.3) is 5.91 Å². The minimum atomic E-state index is 0.0909. The van der Waals surface area contributed by atoms with Crippen molar-refractivity contribution >= 4 is 5.91 Å². The number of carbonyl (C=O) groups excluding carboxylic acids is 1. The minimum absolute atomic E-state index is 0.0909. The molecule has 0 atom stereocenters. The number of aromatic nitrogens is 1. The maximum atomic E-state index is 12.3. The molecule has 0 radical (unpaired) electrons. The molecule has 1 aromatic carbocycles. The Morgan fingerprint density at radius 2 is 2.00 bits per heavy atom. The Labute approximate surface area is 106 Å². The fraction of sp³-hybridized carbons (Fsp3) is 0.200. The summed E-state index contributed by atoms with van der Waals surface area (Å²) in [5.41, 5.74) is 3.03. The van der Waals surface area contributed by atoms with Crippen LogP contribution in [0.4, 0.5) is 0 Å². The number of fused-ring (bicyclic) bond motifs is 1. The van der Waals surface area contributed by atoms with E-state index in [9.17, 15) is 4.79 Å². The molecule has 1 aliphatic rings. The predicted molar refractivity (Wildman–Crippen MR) is 69.1 cm³/mol. The van der Waals surface area contributed by atoms with E-state index in [4.69, 9.17) is 0 Å². The summed E-state index contributed by atoms with van der Waals surface area (Å²) in [6.07, 6.45) is 4.34. The van der Waals surface area contributed by atoms with Crippen LogP contribution in [0.2, 0.25) is 0 Å². The third-order valence-corrected chi connectivity index (χ3v) is 3.30. The summed E-state index contributed by atoms with van der Waals surface area (Å²) in [7, 11) is 0. The first-order valence-electron chi connectivity index (χ1n) is 6.11. The lowest BCUT2D eigenvalue weighted by Crippen LogP contribution is -2.37. The van der Waals surface area contributed by atoms with Gasteiger partial charge in [0.1, 0.15) is 0 Å². The Hall–Kier alpha value is -2.16. The van der Waals surface area contributed by atoms with Crippen molar-refractivity contribution in [3.05, 3.63) is 65.5 Å². The van der Waals surface area contributed by atoms with Crippen LogP contribution >= 0.6 is 0 Å². The molecule has 1 aliphatic heterocycles. The molecule has 0 spiro atoms. The lowest BCUT2D eigenvalue weighted by Gasteiger charge is -2.28. The van der Waals surface area contributed by atoms with E-state index in [0.29, 0.717) is 6.54 Å². The van der Waals surface area contributed by atoms with E-state index >= 15 is 0 Å². The molecule has 0 saturated heterocycles. The van der Waals surface area contributed by atoms with Crippen molar-refractivity contribution in [1.29, 1.82) is 0 Å². The van der Waals surface area contributed by atoms with Crippen LogP contribution in [-0.2, 0) is 13.0 Å². The lowest BCUT2D eigenvalue weighted by molar-refractivity contribution is 0.0726. The SMILES string of the molecule is O=C1c2cnccc2CCN1Cc1ccccc1. The first-order chi connectivity index (χ1) is 8.84. The van der Waals surface area contributed by atoms with Gasteiger partial charge in [0.2, 0.25) is 0 Å². The number of nitrogens with zero attached hydrogens (tertiary/aromatic N) is 2. The molecule has 1 aromatic heterocycles. The number of hydrogen-bond donors (Lipinski definition) is 0. The van der Waals surface area contributed by atoms with Gasteiger partial charge >= 0.3 is 0 Å². The van der Waals surface area contributed by atoms with E-state index < -0.39 is 0 Å². The molecule has 2 aromatic rings. The quantitative estimate of drug-likeness (QED) is 0.804. The minimum Gasteiger partial charge on any atom is -0.334 e. The zero-order valence-electron chi connectivity index (χ0n) is 10.0. The normalized spacial score (nSPS) is 14.4. The highest BCUT2D eigenvalue weighted by Crippen LogP contribution is 2.19. The molecule has 2 heterocycles. The molecular weight excluding hydrogens is 224 g/mol. The second-order valence-corrected chi connectivity index (χ2v) is 4.50. The largest absolute Gasteiger partial charge is 0.334 e. The van der Waals surface area contributed by atoms with Crippen molar-refractivity contribution < 1.29 is 4.79 Å². The molecule has 0 bridgehead atoms. The van der Waals surface area contributed by atoms with Crippen molar-refractivity contribution in [1.82, 2.24) is 9.88 Å². The molecule has 3 nitrogen and oxygen atoms in total. The summed E-state index contributed by atoms with van der Waals surface area (Å²) in [4.78, 5) is 18.2. The van der Waals surface area contributed by atoms with Gasteiger partial charge in [0.05, 0.1) is 5.56 Å². The number of amides is 1. The van der Waals surface area contributed by atoms with E-state index in [1.54, 1.807) is 12.4 Å². The molecule has 90 valence electrons. The standard InChI is InChI=1S/C15H14N2O/c18-15-14-10-16-8-6-13(14)7-9-17(15)11-12-4-2-1-3-5-12/h1-6,8,10H,7,9,11H2. The smallest absolute Gasteiger partial charge is 0.256 e. The highest BCUT2D eigenvalue weighted by molar-refractivity contribution is 5.96. The molecular formula is C15H14N2O. The Bertz CT molecular complexity index is 566. The van der Waals surface area contributed by atoms with E-state index in [1.165, 1.54) is 0 Å². The van der Waals surface area contributed by atoms with Crippen molar-refractivity contribution in [3.8, 4) is 0 Å². The molecule has 18 heavy (non-hydrogen) atoms. The molecule has 0 saturated carbocycles. The lowest BCUT2D eigenvalue weighted by atomic mass is 10.0. The summed E-state index contributed by atoms with van der Waals surface area (Å²) < 4.78 is 0. The van der Waals surface area contributed by atoms with Gasteiger partial charge in [-0.1, -0.05) is 30.3 Å². The average Bonchev–Trinajstić information content (AvgIpc) is 2.43. The summed E-state index contributed by atoms with van der Waals surface area (Å²) >= 11 is 0. The highest BCUT2D eigenvalue weighted by Gasteiger charge is 2.23. The number of pyridine rings is 1. The summed E-state index contributed by atoms with van der Waals surface area (Å²) in [6.45, 7) is 1.46. The first-order valence-corrected chi connectivity index (χ1v) is 6.11. The molecule has 0 aliphatic carbocycles. The molecule has 0 N–H and O–H groups in total. The number of carbonyl (C=O) groups is 1. The monoisotopic (exact) mass is 238 g/mol. The highest BCUT2D eigenvalue weighted by atomic mass is 16.2. The van der Waals surface area contributed by atoms with Crippen LogP contribution < -0.4 is 0 Å². The van der Waals surface area contributed by atoms with Crippen LogP contribution in [0.25, 0.3) is 0 Å². The molecule has 1 amide bonds. The molecule has 3 rings (SSSR count). The van der Waals surface area contributed by atoms with Gasteiger partial charge in [-0.05, 0) is 23.6 Å². The van der Waals surface area contributed by atoms with Crippen LogP contribution in [0.15, 0.2) is 48.8 Å². The van der Waals surface area contributed by atoms with E-state index in [1.807, 2.05) is 41.3 Å². The second-order valence-electron chi connectivity index (χ2n) is 4.50. The van der Waals surface area contributed by atoms with Gasteiger partial charge in [-0.15, -0.1) is 0 Å². The van der Waals surface area contributed by atoms with Crippen molar-refractivity contribution in [2.24, 2.45) is 0 Å². The first kappa shape index (κ1) is 11.0. The van der Waals surface area contributed by atoms with Crippen LogP contribution in [0.1, 0.15) is 21.5 Å². The third-order valence-electron chi connectivity index (χ3n) is 3.30. The van der Waals surface area contributed by atoms with Gasteiger partial charge in [0, 0.05) is 25.5 Å². The van der Waals surface area contributed by atoms with Gasteiger partial charge < -0.3 is 4.90 Å². The maximum Gasteiger partial charge on any atom is 0.256 e. The zero-order chi connectivity index (χ0) is 12.4. The van der Waals surface area contributed by atoms with Gasteiger partial charge in [-0.3, -0.25) is 9.78 Å². The Balaban J connectivity index is 1.83.